The van der Waals surface area contributed by atoms with Crippen molar-refractivity contribution in [3.05, 3.63) is 18.1 Å². The predicted molar refractivity (Wildman–Crippen MR) is 75.1 cm³/mol. The van der Waals surface area contributed by atoms with Crippen molar-refractivity contribution in [3.63, 3.8) is 0 Å². The summed E-state index contributed by atoms with van der Waals surface area (Å²) in [6.45, 7) is 0.828. The van der Waals surface area contributed by atoms with E-state index in [1.807, 2.05) is 7.05 Å². The van der Waals surface area contributed by atoms with E-state index in [-0.39, 0.29) is 5.91 Å². The first-order valence-electron chi connectivity index (χ1n) is 6.96. The van der Waals surface area contributed by atoms with Crippen LogP contribution < -0.4 is 5.32 Å². The van der Waals surface area contributed by atoms with Gasteiger partial charge in [0.15, 0.2) is 0 Å². The van der Waals surface area contributed by atoms with Crippen LogP contribution in [0.1, 0.15) is 42.6 Å². The normalized spacial score (nSPS) is 16.1. The van der Waals surface area contributed by atoms with Crippen molar-refractivity contribution < 1.29 is 4.79 Å². The quantitative estimate of drug-likeness (QED) is 0.903. The maximum absolute atomic E-state index is 12.2. The molecule has 1 amide bonds. The summed E-state index contributed by atoms with van der Waals surface area (Å²) in [5.74, 6) is 1.28. The van der Waals surface area contributed by atoms with Gasteiger partial charge < -0.3 is 10.2 Å². The summed E-state index contributed by atoms with van der Waals surface area (Å²) in [6, 6.07) is 0. The number of nitrogens with one attached hydrogen (secondary N) is 1. The van der Waals surface area contributed by atoms with Crippen LogP contribution in [0.5, 0.6) is 0 Å². The molecule has 1 aliphatic carbocycles. The van der Waals surface area contributed by atoms with Crippen molar-refractivity contribution in [2.75, 3.05) is 26.0 Å². The topological polar surface area (TPSA) is 58.1 Å². The third kappa shape index (κ3) is 3.66. The molecule has 0 aromatic carbocycles. The van der Waals surface area contributed by atoms with Gasteiger partial charge in [-0.05, 0) is 18.8 Å². The third-order valence-corrected chi connectivity index (χ3v) is 3.73. The van der Waals surface area contributed by atoms with Crippen LogP contribution in [-0.4, -0.2) is 41.4 Å². The molecule has 0 spiro atoms. The molecular weight excluding hydrogens is 240 g/mol. The molecule has 5 nitrogen and oxygen atoms in total. The molecule has 1 heterocycles. The van der Waals surface area contributed by atoms with Gasteiger partial charge in [-0.2, -0.15) is 0 Å². The van der Waals surface area contributed by atoms with Crippen LogP contribution in [0, 0.1) is 5.92 Å². The summed E-state index contributed by atoms with van der Waals surface area (Å²) in [5, 5.41) is 2.89. The average Bonchev–Trinajstić information content (AvgIpc) is 2.47. The molecule has 1 aliphatic rings. The molecule has 0 saturated heterocycles. The lowest BCUT2D eigenvalue weighted by atomic mass is 9.89. The van der Waals surface area contributed by atoms with Crippen LogP contribution >= 0.6 is 0 Å². The SMILES string of the molecule is CNc1cnc(C(=O)N(C)CC2CCCCC2)cn1. The summed E-state index contributed by atoms with van der Waals surface area (Å²) >= 11 is 0. The molecule has 104 valence electrons. The number of rotatable bonds is 4. The monoisotopic (exact) mass is 262 g/mol. The number of nitrogens with zero attached hydrogens (tertiary/aromatic N) is 3. The highest BCUT2D eigenvalue weighted by Crippen LogP contribution is 2.24. The lowest BCUT2D eigenvalue weighted by Crippen LogP contribution is -2.33. The number of hydrogen-bond acceptors (Lipinski definition) is 4. The van der Waals surface area contributed by atoms with Crippen molar-refractivity contribution in [3.8, 4) is 0 Å². The van der Waals surface area contributed by atoms with Crippen molar-refractivity contribution >= 4 is 11.7 Å². The van der Waals surface area contributed by atoms with Crippen LogP contribution in [0.4, 0.5) is 5.82 Å². The maximum Gasteiger partial charge on any atom is 0.273 e. The van der Waals surface area contributed by atoms with Gasteiger partial charge in [-0.1, -0.05) is 19.3 Å². The highest BCUT2D eigenvalue weighted by atomic mass is 16.2. The van der Waals surface area contributed by atoms with Gasteiger partial charge in [0.1, 0.15) is 11.5 Å². The molecule has 0 bridgehead atoms. The Balaban J connectivity index is 1.93. The average molecular weight is 262 g/mol. The second-order valence-corrected chi connectivity index (χ2v) is 5.23. The second-order valence-electron chi connectivity index (χ2n) is 5.23. The van der Waals surface area contributed by atoms with E-state index in [1.165, 1.54) is 38.3 Å². The Kier molecular flexibility index (Phi) is 4.71. The zero-order valence-electron chi connectivity index (χ0n) is 11.7. The second kappa shape index (κ2) is 6.50. The first-order valence-corrected chi connectivity index (χ1v) is 6.96. The zero-order valence-corrected chi connectivity index (χ0v) is 11.7. The van der Waals surface area contributed by atoms with Crippen LogP contribution in [0.3, 0.4) is 0 Å². The highest BCUT2D eigenvalue weighted by molar-refractivity contribution is 5.91. The minimum absolute atomic E-state index is 0.0410. The Hall–Kier alpha value is -1.65. The molecule has 1 fully saturated rings. The number of anilines is 1. The summed E-state index contributed by atoms with van der Waals surface area (Å²) in [5.41, 5.74) is 0.414. The van der Waals surface area contributed by atoms with Crippen molar-refractivity contribution in [2.24, 2.45) is 5.92 Å². The minimum atomic E-state index is -0.0410. The van der Waals surface area contributed by atoms with E-state index in [4.69, 9.17) is 0 Å². The van der Waals surface area contributed by atoms with Gasteiger partial charge >= 0.3 is 0 Å². The number of aromatic nitrogens is 2. The minimum Gasteiger partial charge on any atom is -0.372 e. The maximum atomic E-state index is 12.2. The van der Waals surface area contributed by atoms with E-state index in [0.717, 1.165) is 6.54 Å². The molecule has 5 heteroatoms. The molecule has 19 heavy (non-hydrogen) atoms. The van der Waals surface area contributed by atoms with Crippen LogP contribution in [0.25, 0.3) is 0 Å². The van der Waals surface area contributed by atoms with Crippen molar-refractivity contribution in [1.29, 1.82) is 0 Å². The highest BCUT2D eigenvalue weighted by Gasteiger charge is 2.20. The smallest absolute Gasteiger partial charge is 0.273 e. The Bertz CT molecular complexity index is 412. The van der Waals surface area contributed by atoms with Gasteiger partial charge in [-0.15, -0.1) is 0 Å². The molecule has 0 radical (unpaired) electrons. The van der Waals surface area contributed by atoms with Crippen molar-refractivity contribution in [1.82, 2.24) is 14.9 Å². The lowest BCUT2D eigenvalue weighted by Gasteiger charge is -2.26. The van der Waals surface area contributed by atoms with Gasteiger partial charge in [0, 0.05) is 20.6 Å². The molecule has 1 aromatic heterocycles. The van der Waals surface area contributed by atoms with E-state index < -0.39 is 0 Å². The summed E-state index contributed by atoms with van der Waals surface area (Å²) in [7, 11) is 3.63. The molecular formula is C14H22N4O. The van der Waals surface area contributed by atoms with E-state index >= 15 is 0 Å². The zero-order chi connectivity index (χ0) is 13.7. The van der Waals surface area contributed by atoms with Crippen LogP contribution in [0.2, 0.25) is 0 Å². The first kappa shape index (κ1) is 13.8. The third-order valence-electron chi connectivity index (χ3n) is 3.73. The van der Waals surface area contributed by atoms with E-state index in [1.54, 1.807) is 18.1 Å². The molecule has 0 unspecified atom stereocenters. The number of carbonyl (C=O) groups excluding carboxylic acids is 1. The number of amides is 1. The Morgan fingerprint density at radius 1 is 1.32 bits per heavy atom. The van der Waals surface area contributed by atoms with Gasteiger partial charge in [0.2, 0.25) is 0 Å². The molecule has 0 atom stereocenters. The van der Waals surface area contributed by atoms with Gasteiger partial charge in [0.25, 0.3) is 5.91 Å². The fraction of sp³-hybridized carbons (Fsp3) is 0.643. The van der Waals surface area contributed by atoms with Gasteiger partial charge in [-0.3, -0.25) is 4.79 Å². The predicted octanol–water partition coefficient (Wildman–Crippen LogP) is 2.17. The number of hydrogen-bond donors (Lipinski definition) is 1. The molecule has 2 rings (SSSR count). The molecule has 1 N–H and O–H groups in total. The van der Waals surface area contributed by atoms with Crippen LogP contribution in [0.15, 0.2) is 12.4 Å². The van der Waals surface area contributed by atoms with E-state index in [2.05, 4.69) is 15.3 Å². The fourth-order valence-corrected chi connectivity index (χ4v) is 2.60. The van der Waals surface area contributed by atoms with Crippen molar-refractivity contribution in [2.45, 2.75) is 32.1 Å². The Labute approximate surface area is 114 Å². The summed E-state index contributed by atoms with van der Waals surface area (Å²) < 4.78 is 0. The standard InChI is InChI=1S/C14H22N4O/c1-15-13-9-16-12(8-17-13)14(19)18(2)10-11-6-4-3-5-7-11/h8-9,11H,3-7,10H2,1-2H3,(H,15,17). The van der Waals surface area contributed by atoms with Crippen LogP contribution in [-0.2, 0) is 0 Å². The van der Waals surface area contributed by atoms with E-state index in [9.17, 15) is 4.79 Å². The molecule has 1 saturated carbocycles. The Morgan fingerprint density at radius 2 is 2.05 bits per heavy atom. The summed E-state index contributed by atoms with van der Waals surface area (Å²) in [6.07, 6.45) is 9.52. The van der Waals surface area contributed by atoms with Gasteiger partial charge in [-0.25, -0.2) is 9.97 Å². The largest absolute Gasteiger partial charge is 0.372 e. The molecule has 1 aromatic rings. The lowest BCUT2D eigenvalue weighted by molar-refractivity contribution is 0.0754. The Morgan fingerprint density at radius 3 is 2.63 bits per heavy atom. The fourth-order valence-electron chi connectivity index (χ4n) is 2.60. The molecule has 0 aliphatic heterocycles. The summed E-state index contributed by atoms with van der Waals surface area (Å²) in [4.78, 5) is 22.3. The number of carbonyl (C=O) groups is 1. The van der Waals surface area contributed by atoms with Gasteiger partial charge in [0.05, 0.1) is 12.4 Å². The van der Waals surface area contributed by atoms with E-state index in [0.29, 0.717) is 17.4 Å². The first-order chi connectivity index (χ1) is 9.20.